The van der Waals surface area contributed by atoms with Crippen LogP contribution in [-0.4, -0.2) is 11.4 Å². The Kier molecular flexibility index (Phi) is 12.8. The largest absolute Gasteiger partial charge is 2.00 e. The zero-order valence-corrected chi connectivity index (χ0v) is 30.1. The minimum Gasteiger partial charge on any atom is -0.873 e. The van der Waals surface area contributed by atoms with E-state index in [2.05, 4.69) is 119 Å². The van der Waals surface area contributed by atoms with Crippen LogP contribution in [0.3, 0.4) is 0 Å². The molecule has 0 saturated carbocycles. The van der Waals surface area contributed by atoms with Crippen LogP contribution in [0.5, 0.6) is 11.5 Å². The van der Waals surface area contributed by atoms with Crippen LogP contribution in [0.2, 0.25) is 0 Å². The fourth-order valence-electron chi connectivity index (χ4n) is 5.07. The zero-order valence-electron chi connectivity index (χ0n) is 29.1. The fraction of sp³-hybridized carbons (Fsp3) is 0.400. The number of hydrogen-bond acceptors (Lipinski definition) is 4. The van der Waals surface area contributed by atoms with Gasteiger partial charge in [0, 0.05) is 0 Å². The maximum atomic E-state index is 10.9. The smallest absolute Gasteiger partial charge is 0.873 e. The molecule has 0 atom stereocenters. The van der Waals surface area contributed by atoms with Gasteiger partial charge in [0.25, 0.3) is 0 Å². The van der Waals surface area contributed by atoms with Crippen LogP contribution in [0.15, 0.2) is 82.8 Å². The summed E-state index contributed by atoms with van der Waals surface area (Å²) in [5, 5.41) is 23.5. The van der Waals surface area contributed by atoms with Crippen molar-refractivity contribution in [2.24, 2.45) is 9.98 Å². The molecular formula is C40H50N2NiO2. The van der Waals surface area contributed by atoms with E-state index in [9.17, 15) is 10.2 Å². The first kappa shape index (κ1) is 37.8. The molecule has 0 aliphatic carbocycles. The van der Waals surface area contributed by atoms with Gasteiger partial charge in [-0.15, -0.1) is 11.5 Å². The van der Waals surface area contributed by atoms with E-state index < -0.39 is 11.5 Å². The Bertz CT molecular complexity index is 1600. The Morgan fingerprint density at radius 2 is 1.07 bits per heavy atom. The number of fused-ring (bicyclic) bond motifs is 1. The third-order valence-electron chi connectivity index (χ3n) is 7.92. The van der Waals surface area contributed by atoms with Crippen LogP contribution in [0.4, 0.5) is 11.4 Å². The third-order valence-corrected chi connectivity index (χ3v) is 7.92. The zero-order chi connectivity index (χ0) is 33.0. The van der Waals surface area contributed by atoms with Crippen molar-refractivity contribution in [3.8, 4) is 11.5 Å². The van der Waals surface area contributed by atoms with E-state index >= 15 is 0 Å². The van der Waals surface area contributed by atoms with Crippen molar-refractivity contribution < 1.29 is 26.7 Å². The summed E-state index contributed by atoms with van der Waals surface area (Å²) in [5.74, 6) is -0.0238. The number of benzene rings is 4. The van der Waals surface area contributed by atoms with E-state index in [1.807, 2.05) is 24.3 Å². The van der Waals surface area contributed by atoms with Gasteiger partial charge >= 0.3 is 16.5 Å². The summed E-state index contributed by atoms with van der Waals surface area (Å²) in [6, 6.07) is 23.4. The summed E-state index contributed by atoms with van der Waals surface area (Å²) in [4.78, 5) is 10.3. The minimum atomic E-state index is -0.436. The SMILES string of the molecule is CC(=Nc1cc(C(C)(C)C)ccc1C(C)(C)C)C(C)=Nc1c(C(C)C)cccc1C(C)C.[Ni+2].[O-]c1cc2ccccc2cc1[O-]. The van der Waals surface area contributed by atoms with Gasteiger partial charge in [0.2, 0.25) is 0 Å². The average Bonchev–Trinajstić information content (AvgIpc) is 2.92. The molecule has 4 nitrogen and oxygen atoms in total. The summed E-state index contributed by atoms with van der Waals surface area (Å²) < 4.78 is 0. The molecule has 0 N–H and O–H groups in total. The molecule has 0 aromatic heterocycles. The molecule has 0 bridgehead atoms. The van der Waals surface area contributed by atoms with Gasteiger partial charge in [0.1, 0.15) is 0 Å². The van der Waals surface area contributed by atoms with Crippen molar-refractivity contribution in [2.45, 2.75) is 106 Å². The summed E-state index contributed by atoms with van der Waals surface area (Å²) in [6.45, 7) is 26.6. The number of para-hydroxylation sites is 1. The monoisotopic (exact) mass is 648 g/mol. The molecule has 0 fully saturated rings. The third kappa shape index (κ3) is 9.78. The van der Waals surface area contributed by atoms with Gasteiger partial charge in [0.05, 0.1) is 22.8 Å². The van der Waals surface area contributed by atoms with Gasteiger partial charge in [-0.25, -0.2) is 0 Å². The second-order valence-electron chi connectivity index (χ2n) is 14.4. The quantitative estimate of drug-likeness (QED) is 0.159. The van der Waals surface area contributed by atoms with Crippen molar-refractivity contribution in [2.75, 3.05) is 0 Å². The predicted molar refractivity (Wildman–Crippen MR) is 187 cm³/mol. The molecule has 45 heavy (non-hydrogen) atoms. The first-order valence-corrected chi connectivity index (χ1v) is 15.7. The maximum Gasteiger partial charge on any atom is 2.00 e. The van der Waals surface area contributed by atoms with Gasteiger partial charge in [0.15, 0.2) is 0 Å². The summed E-state index contributed by atoms with van der Waals surface area (Å²) in [6.07, 6.45) is 0. The van der Waals surface area contributed by atoms with E-state index in [0.29, 0.717) is 11.8 Å². The van der Waals surface area contributed by atoms with Crippen molar-refractivity contribution in [3.05, 3.63) is 95.1 Å². The standard InChI is InChI=1S/C30H44N2.C10H8O2.Ni/c1-19(2)24-14-13-15-25(20(3)4)28(24)32-22(6)21(5)31-27-18-23(29(7,8)9)16-17-26(27)30(10,11)12;11-9-5-7-3-1-2-4-8(7)6-10(9)12;/h13-20H,1-12H3;1-6,11-12H;/q;;+2/p-2. The van der Waals surface area contributed by atoms with Crippen LogP contribution in [0.25, 0.3) is 10.8 Å². The van der Waals surface area contributed by atoms with Gasteiger partial charge in [-0.1, -0.05) is 136 Å². The molecule has 0 aliphatic heterocycles. The molecule has 0 saturated heterocycles. The van der Waals surface area contributed by atoms with Crippen LogP contribution in [0, 0.1) is 0 Å². The topological polar surface area (TPSA) is 70.8 Å². The van der Waals surface area contributed by atoms with Gasteiger partial charge in [-0.3, -0.25) is 9.98 Å². The summed E-state index contributed by atoms with van der Waals surface area (Å²) in [7, 11) is 0. The molecule has 4 aromatic carbocycles. The second kappa shape index (κ2) is 15.2. The van der Waals surface area contributed by atoms with Crippen molar-refractivity contribution >= 4 is 33.6 Å². The van der Waals surface area contributed by atoms with Crippen molar-refractivity contribution in [1.29, 1.82) is 0 Å². The molecule has 242 valence electrons. The number of nitrogens with zero attached hydrogens (tertiary/aromatic N) is 2. The van der Waals surface area contributed by atoms with E-state index in [1.165, 1.54) is 34.4 Å². The van der Waals surface area contributed by atoms with E-state index in [0.717, 1.165) is 33.6 Å². The molecular weight excluding hydrogens is 599 g/mol. The first-order chi connectivity index (χ1) is 20.4. The van der Waals surface area contributed by atoms with Gasteiger partial charge in [-0.2, -0.15) is 0 Å². The van der Waals surface area contributed by atoms with E-state index in [4.69, 9.17) is 9.98 Å². The van der Waals surface area contributed by atoms with Crippen LogP contribution in [0.1, 0.15) is 117 Å². The minimum absolute atomic E-state index is 0. The molecule has 0 spiro atoms. The molecule has 0 aliphatic rings. The Balaban J connectivity index is 0.000000450. The molecule has 0 unspecified atom stereocenters. The molecule has 4 rings (SSSR count). The first-order valence-electron chi connectivity index (χ1n) is 15.7. The average molecular weight is 650 g/mol. The molecule has 5 heteroatoms. The van der Waals surface area contributed by atoms with E-state index in [1.54, 1.807) is 0 Å². The maximum absolute atomic E-state index is 10.9. The van der Waals surface area contributed by atoms with Gasteiger partial charge in [-0.05, 0) is 75.6 Å². The van der Waals surface area contributed by atoms with Gasteiger partial charge < -0.3 is 10.2 Å². The van der Waals surface area contributed by atoms with E-state index in [-0.39, 0.29) is 27.3 Å². The molecule has 0 heterocycles. The van der Waals surface area contributed by atoms with Crippen LogP contribution in [-0.2, 0) is 27.3 Å². The number of rotatable bonds is 5. The Hall–Kier alpha value is -3.43. The predicted octanol–water partition coefficient (Wildman–Crippen LogP) is 10.4. The summed E-state index contributed by atoms with van der Waals surface area (Å²) >= 11 is 0. The number of hydrogen-bond donors (Lipinski definition) is 0. The number of aliphatic imine (C=N–C) groups is 2. The normalized spacial score (nSPS) is 12.7. The fourth-order valence-corrected chi connectivity index (χ4v) is 5.07. The van der Waals surface area contributed by atoms with Crippen LogP contribution < -0.4 is 10.2 Å². The Morgan fingerprint density at radius 3 is 1.49 bits per heavy atom. The van der Waals surface area contributed by atoms with Crippen molar-refractivity contribution in [1.82, 2.24) is 0 Å². The Labute approximate surface area is 281 Å². The Morgan fingerprint density at radius 1 is 0.600 bits per heavy atom. The molecule has 0 radical (unpaired) electrons. The summed E-state index contributed by atoms with van der Waals surface area (Å²) in [5.41, 5.74) is 9.39. The second-order valence-corrected chi connectivity index (χ2v) is 14.4. The van der Waals surface area contributed by atoms with Crippen molar-refractivity contribution in [3.63, 3.8) is 0 Å². The molecule has 0 amide bonds. The van der Waals surface area contributed by atoms with Crippen LogP contribution >= 0.6 is 0 Å². The molecule has 4 aromatic rings.